The van der Waals surface area contributed by atoms with Crippen LogP contribution >= 0.6 is 0 Å². The van der Waals surface area contributed by atoms with Gasteiger partial charge in [-0.05, 0) is 19.4 Å². The van der Waals surface area contributed by atoms with Crippen molar-refractivity contribution in [3.05, 3.63) is 0 Å². The van der Waals surface area contributed by atoms with Gasteiger partial charge in [0.05, 0.1) is 7.11 Å². The first-order valence-corrected chi connectivity index (χ1v) is 3.16. The van der Waals surface area contributed by atoms with Gasteiger partial charge in [0.2, 0.25) is 0 Å². The van der Waals surface area contributed by atoms with Crippen molar-refractivity contribution >= 4 is 5.97 Å². The van der Waals surface area contributed by atoms with E-state index in [1.54, 1.807) is 0 Å². The van der Waals surface area contributed by atoms with Crippen LogP contribution < -0.4 is 5.32 Å². The van der Waals surface area contributed by atoms with Crippen molar-refractivity contribution < 1.29 is 9.53 Å². The predicted octanol–water partition coefficient (Wildman–Crippen LogP) is 0.547. The summed E-state index contributed by atoms with van der Waals surface area (Å²) in [5.41, 5.74) is 0. The molecule has 1 heterocycles. The molecule has 60 valence electrons. The van der Waals surface area contributed by atoms with Gasteiger partial charge in [0.25, 0.3) is 0 Å². The zero-order chi connectivity index (χ0) is 6.69. The minimum Gasteiger partial charge on any atom is -0.468 e. The second-order valence-corrected chi connectivity index (χ2v) is 2.17. The number of carbonyl (C=O) groups is 1. The maximum absolute atomic E-state index is 10.7. The molecule has 1 rings (SSSR count). The standard InChI is InChI=1S/C6H11NO2.CH4/c1-9-6(8)5-3-2-4-7-5;/h5,7H,2-4H2,1H3;1H4/t5-;/m0./s1. The fraction of sp³-hybridized carbons (Fsp3) is 0.857. The minimum absolute atomic E-state index is 0. The third-order valence-corrected chi connectivity index (χ3v) is 1.55. The first kappa shape index (κ1) is 9.43. The molecule has 10 heavy (non-hydrogen) atoms. The molecule has 1 aliphatic rings. The van der Waals surface area contributed by atoms with E-state index in [0.717, 1.165) is 19.4 Å². The summed E-state index contributed by atoms with van der Waals surface area (Å²) in [7, 11) is 1.42. The Morgan fingerprint density at radius 1 is 1.70 bits per heavy atom. The predicted molar refractivity (Wildman–Crippen MR) is 39.8 cm³/mol. The molecule has 0 unspecified atom stereocenters. The molecule has 0 spiro atoms. The Morgan fingerprint density at radius 3 is 2.80 bits per heavy atom. The quantitative estimate of drug-likeness (QED) is 0.547. The molecule has 1 N–H and O–H groups in total. The molecule has 0 amide bonds. The fourth-order valence-electron chi connectivity index (χ4n) is 1.03. The Kier molecular flexibility index (Phi) is 4.03. The number of hydrogen-bond acceptors (Lipinski definition) is 3. The normalized spacial score (nSPS) is 23.5. The summed E-state index contributed by atoms with van der Waals surface area (Å²) in [5.74, 6) is -0.132. The lowest BCUT2D eigenvalue weighted by Crippen LogP contribution is -2.31. The van der Waals surface area contributed by atoms with Crippen LogP contribution in [0, 0.1) is 0 Å². The summed E-state index contributed by atoms with van der Waals surface area (Å²) >= 11 is 0. The summed E-state index contributed by atoms with van der Waals surface area (Å²) in [6.07, 6.45) is 2.01. The molecule has 0 aromatic heterocycles. The summed E-state index contributed by atoms with van der Waals surface area (Å²) in [6, 6.07) is -0.0324. The van der Waals surface area contributed by atoms with E-state index in [4.69, 9.17) is 0 Å². The summed E-state index contributed by atoms with van der Waals surface area (Å²) in [4.78, 5) is 10.7. The van der Waals surface area contributed by atoms with Crippen LogP contribution in [0.3, 0.4) is 0 Å². The Morgan fingerprint density at radius 2 is 2.40 bits per heavy atom. The lowest BCUT2D eigenvalue weighted by atomic mass is 10.2. The number of esters is 1. The molecule has 1 atom stereocenters. The van der Waals surface area contributed by atoms with Gasteiger partial charge in [-0.2, -0.15) is 0 Å². The van der Waals surface area contributed by atoms with E-state index in [9.17, 15) is 4.79 Å². The molecule has 0 bridgehead atoms. The molecule has 1 aliphatic heterocycles. The largest absolute Gasteiger partial charge is 0.468 e. The van der Waals surface area contributed by atoms with E-state index in [1.807, 2.05) is 0 Å². The van der Waals surface area contributed by atoms with Gasteiger partial charge in [0.1, 0.15) is 6.04 Å². The van der Waals surface area contributed by atoms with Crippen molar-refractivity contribution in [1.29, 1.82) is 0 Å². The van der Waals surface area contributed by atoms with Crippen molar-refractivity contribution in [3.63, 3.8) is 0 Å². The number of carbonyl (C=O) groups excluding carboxylic acids is 1. The van der Waals surface area contributed by atoms with Crippen LogP contribution in [0.5, 0.6) is 0 Å². The van der Waals surface area contributed by atoms with Gasteiger partial charge in [-0.15, -0.1) is 0 Å². The third-order valence-electron chi connectivity index (χ3n) is 1.55. The highest BCUT2D eigenvalue weighted by molar-refractivity contribution is 5.75. The van der Waals surface area contributed by atoms with Crippen LogP contribution in [-0.2, 0) is 9.53 Å². The van der Waals surface area contributed by atoms with E-state index in [1.165, 1.54) is 7.11 Å². The lowest BCUT2D eigenvalue weighted by molar-refractivity contribution is -0.142. The highest BCUT2D eigenvalue weighted by Crippen LogP contribution is 2.05. The Labute approximate surface area is 61.8 Å². The number of nitrogens with one attached hydrogen (secondary N) is 1. The topological polar surface area (TPSA) is 38.3 Å². The monoisotopic (exact) mass is 145 g/mol. The van der Waals surface area contributed by atoms with Crippen LogP contribution in [0.15, 0.2) is 0 Å². The summed E-state index contributed by atoms with van der Waals surface area (Å²) < 4.78 is 4.53. The second kappa shape index (κ2) is 4.28. The molecule has 1 fully saturated rings. The average molecular weight is 145 g/mol. The maximum atomic E-state index is 10.7. The molecular weight excluding hydrogens is 130 g/mol. The molecule has 1 saturated heterocycles. The van der Waals surface area contributed by atoms with Crippen LogP contribution in [0.25, 0.3) is 0 Å². The van der Waals surface area contributed by atoms with Crippen molar-refractivity contribution in [3.8, 4) is 0 Å². The van der Waals surface area contributed by atoms with E-state index < -0.39 is 0 Å². The third kappa shape index (κ3) is 1.99. The Bertz CT molecular complexity index is 108. The second-order valence-electron chi connectivity index (χ2n) is 2.17. The Hall–Kier alpha value is -0.570. The average Bonchev–Trinajstić information content (AvgIpc) is 2.37. The number of ether oxygens (including phenoxy) is 1. The van der Waals surface area contributed by atoms with Crippen LogP contribution in [0.4, 0.5) is 0 Å². The molecule has 0 radical (unpaired) electrons. The van der Waals surface area contributed by atoms with Gasteiger partial charge in [-0.3, -0.25) is 4.79 Å². The summed E-state index contributed by atoms with van der Waals surface area (Å²) in [6.45, 7) is 0.944. The van der Waals surface area contributed by atoms with Gasteiger partial charge in [0.15, 0.2) is 0 Å². The zero-order valence-electron chi connectivity index (χ0n) is 5.52. The van der Waals surface area contributed by atoms with Crippen molar-refractivity contribution in [2.45, 2.75) is 26.3 Å². The molecule has 3 heteroatoms. The smallest absolute Gasteiger partial charge is 0.322 e. The molecular formula is C7H15NO2. The number of hydrogen-bond donors (Lipinski definition) is 1. The zero-order valence-corrected chi connectivity index (χ0v) is 5.52. The molecule has 0 aromatic rings. The van der Waals surface area contributed by atoms with E-state index in [-0.39, 0.29) is 19.4 Å². The molecule has 3 nitrogen and oxygen atoms in total. The van der Waals surface area contributed by atoms with E-state index in [0.29, 0.717) is 0 Å². The lowest BCUT2D eigenvalue weighted by Gasteiger charge is -2.04. The van der Waals surface area contributed by atoms with Gasteiger partial charge in [-0.1, -0.05) is 7.43 Å². The fourth-order valence-corrected chi connectivity index (χ4v) is 1.03. The highest BCUT2D eigenvalue weighted by Gasteiger charge is 2.21. The molecule has 0 aliphatic carbocycles. The molecule has 0 saturated carbocycles. The van der Waals surface area contributed by atoms with Crippen molar-refractivity contribution in [2.75, 3.05) is 13.7 Å². The van der Waals surface area contributed by atoms with Gasteiger partial charge >= 0.3 is 5.97 Å². The Balaban J connectivity index is 0.000000810. The first-order chi connectivity index (χ1) is 4.34. The van der Waals surface area contributed by atoms with Crippen LogP contribution in [0.2, 0.25) is 0 Å². The van der Waals surface area contributed by atoms with Gasteiger partial charge < -0.3 is 10.1 Å². The maximum Gasteiger partial charge on any atom is 0.322 e. The summed E-state index contributed by atoms with van der Waals surface area (Å²) in [5, 5.41) is 3.03. The van der Waals surface area contributed by atoms with E-state index in [2.05, 4.69) is 10.1 Å². The number of methoxy groups -OCH3 is 1. The number of rotatable bonds is 1. The minimum atomic E-state index is -0.132. The van der Waals surface area contributed by atoms with Gasteiger partial charge in [0, 0.05) is 0 Å². The first-order valence-electron chi connectivity index (χ1n) is 3.16. The van der Waals surface area contributed by atoms with Crippen molar-refractivity contribution in [1.82, 2.24) is 5.32 Å². The van der Waals surface area contributed by atoms with Gasteiger partial charge in [-0.25, -0.2) is 0 Å². The van der Waals surface area contributed by atoms with Crippen LogP contribution in [-0.4, -0.2) is 25.7 Å². The van der Waals surface area contributed by atoms with Crippen LogP contribution in [0.1, 0.15) is 20.3 Å². The van der Waals surface area contributed by atoms with E-state index >= 15 is 0 Å². The SMILES string of the molecule is C.COC(=O)[C@@H]1CCCN1. The highest BCUT2D eigenvalue weighted by atomic mass is 16.5. The molecule has 0 aromatic carbocycles. The van der Waals surface area contributed by atoms with Crippen molar-refractivity contribution in [2.24, 2.45) is 0 Å².